The van der Waals surface area contributed by atoms with E-state index < -0.39 is 5.97 Å². The molecule has 1 aliphatic heterocycles. The third-order valence-electron chi connectivity index (χ3n) is 3.74. The summed E-state index contributed by atoms with van der Waals surface area (Å²) in [5.41, 5.74) is 0. The SMILES string of the molecule is O=C(O)CC1CCCN(C(=O)CNCC2CC2)C1. The minimum absolute atomic E-state index is 0.116. The largest absolute Gasteiger partial charge is 0.481 e. The number of hydrogen-bond acceptors (Lipinski definition) is 3. The van der Waals surface area contributed by atoms with Gasteiger partial charge in [-0.1, -0.05) is 0 Å². The molecule has 1 atom stereocenters. The summed E-state index contributed by atoms with van der Waals surface area (Å²) in [5, 5.41) is 12.0. The lowest BCUT2D eigenvalue weighted by atomic mass is 9.95. The van der Waals surface area contributed by atoms with Gasteiger partial charge in [0.25, 0.3) is 0 Å². The van der Waals surface area contributed by atoms with E-state index in [4.69, 9.17) is 5.11 Å². The molecule has 0 spiro atoms. The number of nitrogens with zero attached hydrogens (tertiary/aromatic N) is 1. The molecule has 1 unspecified atom stereocenters. The molecule has 1 aliphatic carbocycles. The molecule has 18 heavy (non-hydrogen) atoms. The van der Waals surface area contributed by atoms with E-state index in [-0.39, 0.29) is 18.2 Å². The number of rotatable bonds is 6. The first-order valence-electron chi connectivity index (χ1n) is 6.85. The molecule has 0 aromatic heterocycles. The summed E-state index contributed by atoms with van der Waals surface area (Å²) >= 11 is 0. The number of carbonyl (C=O) groups excluding carboxylic acids is 1. The number of carbonyl (C=O) groups is 2. The van der Waals surface area contributed by atoms with E-state index in [0.717, 1.165) is 31.8 Å². The van der Waals surface area contributed by atoms with E-state index in [0.29, 0.717) is 13.1 Å². The zero-order chi connectivity index (χ0) is 13.0. The maximum atomic E-state index is 11.9. The third kappa shape index (κ3) is 4.29. The van der Waals surface area contributed by atoms with Gasteiger partial charge in [-0.15, -0.1) is 0 Å². The van der Waals surface area contributed by atoms with Gasteiger partial charge in [-0.25, -0.2) is 0 Å². The summed E-state index contributed by atoms with van der Waals surface area (Å²) in [7, 11) is 0. The summed E-state index contributed by atoms with van der Waals surface area (Å²) in [6, 6.07) is 0. The maximum Gasteiger partial charge on any atom is 0.303 e. The predicted molar refractivity (Wildman–Crippen MR) is 67.2 cm³/mol. The first-order chi connectivity index (χ1) is 8.65. The molecule has 1 saturated heterocycles. The Balaban J connectivity index is 1.69. The summed E-state index contributed by atoms with van der Waals surface area (Å²) in [4.78, 5) is 24.4. The van der Waals surface area contributed by atoms with Crippen LogP contribution in [0.5, 0.6) is 0 Å². The van der Waals surface area contributed by atoms with Crippen LogP contribution in [0.4, 0.5) is 0 Å². The van der Waals surface area contributed by atoms with E-state index in [1.165, 1.54) is 12.8 Å². The normalized spacial score (nSPS) is 24.0. The number of nitrogens with one attached hydrogen (secondary N) is 1. The Morgan fingerprint density at radius 3 is 2.67 bits per heavy atom. The van der Waals surface area contributed by atoms with Gasteiger partial charge in [0.2, 0.25) is 5.91 Å². The van der Waals surface area contributed by atoms with Gasteiger partial charge < -0.3 is 15.3 Å². The second-order valence-corrected chi connectivity index (χ2v) is 5.52. The van der Waals surface area contributed by atoms with E-state index in [1.807, 2.05) is 4.90 Å². The second kappa shape index (κ2) is 6.18. The van der Waals surface area contributed by atoms with Crippen molar-refractivity contribution >= 4 is 11.9 Å². The quantitative estimate of drug-likeness (QED) is 0.732. The van der Waals surface area contributed by atoms with Crippen LogP contribution in [0, 0.1) is 11.8 Å². The van der Waals surface area contributed by atoms with Crippen molar-refractivity contribution in [1.82, 2.24) is 10.2 Å². The van der Waals surface area contributed by atoms with Gasteiger partial charge in [-0.05, 0) is 44.1 Å². The van der Waals surface area contributed by atoms with E-state index >= 15 is 0 Å². The van der Waals surface area contributed by atoms with Gasteiger partial charge in [0.1, 0.15) is 0 Å². The van der Waals surface area contributed by atoms with Crippen molar-refractivity contribution in [1.29, 1.82) is 0 Å². The van der Waals surface area contributed by atoms with Gasteiger partial charge in [0.15, 0.2) is 0 Å². The van der Waals surface area contributed by atoms with E-state index in [1.54, 1.807) is 0 Å². The molecular weight excluding hydrogens is 232 g/mol. The first kappa shape index (κ1) is 13.3. The van der Waals surface area contributed by atoms with Gasteiger partial charge in [0.05, 0.1) is 6.54 Å². The molecule has 2 N–H and O–H groups in total. The number of likely N-dealkylation sites (tertiary alicyclic amines) is 1. The fourth-order valence-electron chi connectivity index (χ4n) is 2.52. The van der Waals surface area contributed by atoms with Gasteiger partial charge in [-0.2, -0.15) is 0 Å². The summed E-state index contributed by atoms with van der Waals surface area (Å²) in [6.07, 6.45) is 4.59. The molecule has 5 nitrogen and oxygen atoms in total. The van der Waals surface area contributed by atoms with Crippen LogP contribution >= 0.6 is 0 Å². The zero-order valence-corrected chi connectivity index (χ0v) is 10.7. The number of amides is 1. The van der Waals surface area contributed by atoms with Crippen LogP contribution < -0.4 is 5.32 Å². The molecule has 0 radical (unpaired) electrons. The van der Waals surface area contributed by atoms with Crippen LogP contribution in [0.2, 0.25) is 0 Å². The number of hydrogen-bond donors (Lipinski definition) is 2. The number of carboxylic acid groups (broad SMARTS) is 1. The minimum atomic E-state index is -0.763. The van der Waals surface area contributed by atoms with Crippen LogP contribution in [0.3, 0.4) is 0 Å². The fourth-order valence-corrected chi connectivity index (χ4v) is 2.52. The van der Waals surface area contributed by atoms with Crippen molar-refractivity contribution in [3.05, 3.63) is 0 Å². The van der Waals surface area contributed by atoms with Gasteiger partial charge in [0, 0.05) is 19.5 Å². The zero-order valence-electron chi connectivity index (χ0n) is 10.7. The molecule has 2 aliphatic rings. The lowest BCUT2D eigenvalue weighted by Gasteiger charge is -2.32. The maximum absolute atomic E-state index is 11.9. The Hall–Kier alpha value is -1.10. The topological polar surface area (TPSA) is 69.6 Å². The van der Waals surface area contributed by atoms with E-state index in [9.17, 15) is 9.59 Å². The lowest BCUT2D eigenvalue weighted by molar-refractivity contribution is -0.140. The van der Waals surface area contributed by atoms with Crippen LogP contribution in [0.1, 0.15) is 32.1 Å². The molecule has 0 aromatic carbocycles. The van der Waals surface area contributed by atoms with Crippen LogP contribution in [0.25, 0.3) is 0 Å². The number of piperidine rings is 1. The smallest absolute Gasteiger partial charge is 0.303 e. The highest BCUT2D eigenvalue weighted by Gasteiger charge is 2.25. The summed E-state index contributed by atoms with van der Waals surface area (Å²) < 4.78 is 0. The van der Waals surface area contributed by atoms with Crippen molar-refractivity contribution in [2.45, 2.75) is 32.1 Å². The molecular formula is C13H22N2O3. The fraction of sp³-hybridized carbons (Fsp3) is 0.846. The summed E-state index contributed by atoms with van der Waals surface area (Å²) in [5.74, 6) is 0.259. The number of aliphatic carboxylic acids is 1. The standard InChI is InChI=1S/C13H22N2O3/c16-12(8-14-7-10-3-4-10)15-5-1-2-11(9-15)6-13(17)18/h10-11,14H,1-9H2,(H,17,18). The Morgan fingerprint density at radius 2 is 2.00 bits per heavy atom. The predicted octanol–water partition coefficient (Wildman–Crippen LogP) is 0.699. The highest BCUT2D eigenvalue weighted by Crippen LogP contribution is 2.27. The molecule has 1 saturated carbocycles. The van der Waals surface area contributed by atoms with Crippen molar-refractivity contribution in [3.8, 4) is 0 Å². The van der Waals surface area contributed by atoms with Crippen LogP contribution in [-0.2, 0) is 9.59 Å². The average molecular weight is 254 g/mol. The first-order valence-corrected chi connectivity index (χ1v) is 6.85. The Morgan fingerprint density at radius 1 is 1.22 bits per heavy atom. The van der Waals surface area contributed by atoms with Crippen molar-refractivity contribution in [2.24, 2.45) is 11.8 Å². The van der Waals surface area contributed by atoms with Crippen molar-refractivity contribution < 1.29 is 14.7 Å². The highest BCUT2D eigenvalue weighted by molar-refractivity contribution is 5.78. The Labute approximate surface area is 108 Å². The van der Waals surface area contributed by atoms with Crippen molar-refractivity contribution in [3.63, 3.8) is 0 Å². The molecule has 0 aromatic rings. The third-order valence-corrected chi connectivity index (χ3v) is 3.74. The number of carboxylic acids is 1. The average Bonchev–Trinajstić information content (AvgIpc) is 3.12. The molecule has 0 bridgehead atoms. The van der Waals surface area contributed by atoms with Crippen LogP contribution in [-0.4, -0.2) is 48.1 Å². The molecule has 102 valence electrons. The summed E-state index contributed by atoms with van der Waals surface area (Å²) in [6.45, 7) is 2.73. The van der Waals surface area contributed by atoms with Gasteiger partial charge in [-0.3, -0.25) is 9.59 Å². The van der Waals surface area contributed by atoms with Gasteiger partial charge >= 0.3 is 5.97 Å². The molecule has 5 heteroatoms. The molecule has 1 heterocycles. The highest BCUT2D eigenvalue weighted by atomic mass is 16.4. The van der Waals surface area contributed by atoms with Crippen LogP contribution in [0.15, 0.2) is 0 Å². The Kier molecular flexibility index (Phi) is 4.58. The lowest BCUT2D eigenvalue weighted by Crippen LogP contribution is -2.44. The molecule has 2 rings (SSSR count). The minimum Gasteiger partial charge on any atom is -0.481 e. The van der Waals surface area contributed by atoms with E-state index in [2.05, 4.69) is 5.32 Å². The monoisotopic (exact) mass is 254 g/mol. The van der Waals surface area contributed by atoms with Crippen molar-refractivity contribution in [2.75, 3.05) is 26.2 Å². The molecule has 1 amide bonds. The second-order valence-electron chi connectivity index (χ2n) is 5.52. The molecule has 2 fully saturated rings. The Bertz CT molecular complexity index is 315.